The summed E-state index contributed by atoms with van der Waals surface area (Å²) in [5, 5.41) is 15.1. The maximum atomic E-state index is 13.7. The molecule has 0 radical (unpaired) electrons. The Kier molecular flexibility index (Phi) is 6.57. The molecule has 170 valence electrons. The van der Waals surface area contributed by atoms with Gasteiger partial charge in [0.25, 0.3) is 5.91 Å². The summed E-state index contributed by atoms with van der Waals surface area (Å²) in [7, 11) is 4.01. The molecule has 0 bridgehead atoms. The molecule has 8 heteroatoms. The second-order valence-corrected chi connectivity index (χ2v) is 9.28. The number of hydrogen-bond acceptors (Lipinski definition) is 5. The number of hydrogen-bond donors (Lipinski definition) is 3. The van der Waals surface area contributed by atoms with Gasteiger partial charge in [-0.3, -0.25) is 9.59 Å². The third kappa shape index (κ3) is 5.30. The Bertz CT molecular complexity index is 1230. The molecule has 1 aliphatic heterocycles. The lowest BCUT2D eigenvalue weighted by Crippen LogP contribution is -2.11. The first kappa shape index (κ1) is 22.7. The summed E-state index contributed by atoms with van der Waals surface area (Å²) in [5.41, 5.74) is 4.04. The number of carbonyl (C=O) groups excluding carboxylic acids is 1. The molecule has 33 heavy (non-hydrogen) atoms. The Morgan fingerprint density at radius 1 is 1.12 bits per heavy atom. The van der Waals surface area contributed by atoms with E-state index in [2.05, 4.69) is 15.5 Å². The first-order valence-corrected chi connectivity index (χ1v) is 11.3. The van der Waals surface area contributed by atoms with Gasteiger partial charge in [-0.15, -0.1) is 11.3 Å². The number of nitrogens with one attached hydrogen (secondary N) is 2. The zero-order valence-corrected chi connectivity index (χ0v) is 19.1. The number of anilines is 2. The SMILES string of the molecule is CN(C)Cc1ccc(N/C(=C2\C(=O)Nc3cc(F)ccc32)c2ccc(CCC(=O)O)s2)cc1. The van der Waals surface area contributed by atoms with E-state index in [1.165, 1.54) is 23.5 Å². The van der Waals surface area contributed by atoms with Gasteiger partial charge in [0.15, 0.2) is 0 Å². The molecule has 0 aliphatic carbocycles. The highest BCUT2D eigenvalue weighted by Crippen LogP contribution is 2.39. The molecular weight excluding hydrogens is 441 g/mol. The molecule has 1 aromatic heterocycles. The van der Waals surface area contributed by atoms with Crippen molar-refractivity contribution in [1.29, 1.82) is 0 Å². The average molecular weight is 466 g/mol. The van der Waals surface area contributed by atoms with Crippen molar-refractivity contribution in [2.45, 2.75) is 19.4 Å². The molecule has 3 aromatic rings. The summed E-state index contributed by atoms with van der Waals surface area (Å²) in [6.45, 7) is 0.813. The summed E-state index contributed by atoms with van der Waals surface area (Å²) in [5.74, 6) is -1.60. The van der Waals surface area contributed by atoms with Crippen LogP contribution in [-0.2, 0) is 22.6 Å². The smallest absolute Gasteiger partial charge is 0.303 e. The Morgan fingerprint density at radius 2 is 1.88 bits per heavy atom. The van der Waals surface area contributed by atoms with E-state index in [0.717, 1.165) is 27.5 Å². The van der Waals surface area contributed by atoms with Crippen LogP contribution in [-0.4, -0.2) is 36.0 Å². The van der Waals surface area contributed by atoms with Gasteiger partial charge in [0, 0.05) is 22.7 Å². The Balaban J connectivity index is 1.75. The standard InChI is InChI=1S/C25H24FN3O3S/c1-29(2)14-15-3-6-17(7-4-15)27-24(21-11-8-18(33-21)9-12-22(30)31)23-19-10-5-16(26)13-20(19)28-25(23)32/h3-8,10-11,13,27H,9,12,14H2,1-2H3,(H,28,32)(H,30,31)/b24-23-. The van der Waals surface area contributed by atoms with E-state index in [4.69, 9.17) is 5.11 Å². The van der Waals surface area contributed by atoms with E-state index >= 15 is 0 Å². The fraction of sp³-hybridized carbons (Fsp3) is 0.200. The monoisotopic (exact) mass is 465 g/mol. The fourth-order valence-electron chi connectivity index (χ4n) is 3.72. The first-order chi connectivity index (χ1) is 15.8. The second-order valence-electron chi connectivity index (χ2n) is 8.11. The van der Waals surface area contributed by atoms with E-state index in [9.17, 15) is 14.0 Å². The van der Waals surface area contributed by atoms with Crippen LogP contribution in [0, 0.1) is 5.82 Å². The number of thiophene rings is 1. The Labute approximate surface area is 195 Å². The predicted octanol–water partition coefficient (Wildman–Crippen LogP) is 4.90. The van der Waals surface area contributed by atoms with Gasteiger partial charge < -0.3 is 20.6 Å². The Morgan fingerprint density at radius 3 is 2.58 bits per heavy atom. The first-order valence-electron chi connectivity index (χ1n) is 10.5. The molecule has 0 fully saturated rings. The normalized spacial score (nSPS) is 14.2. The van der Waals surface area contributed by atoms with Crippen LogP contribution in [0.2, 0.25) is 0 Å². The van der Waals surface area contributed by atoms with Crippen molar-refractivity contribution in [1.82, 2.24) is 4.90 Å². The molecule has 1 amide bonds. The Hall–Kier alpha value is -3.49. The lowest BCUT2D eigenvalue weighted by Gasteiger charge is -2.14. The quantitative estimate of drug-likeness (QED) is 0.413. The zero-order valence-electron chi connectivity index (χ0n) is 18.3. The molecule has 3 N–H and O–H groups in total. The van der Waals surface area contributed by atoms with Crippen LogP contribution >= 0.6 is 11.3 Å². The molecule has 0 unspecified atom stereocenters. The minimum Gasteiger partial charge on any atom is -0.481 e. The summed E-state index contributed by atoms with van der Waals surface area (Å²) in [6, 6.07) is 16.0. The summed E-state index contributed by atoms with van der Waals surface area (Å²) in [6.07, 6.45) is 0.449. The van der Waals surface area contributed by atoms with E-state index in [0.29, 0.717) is 28.9 Å². The highest BCUT2D eigenvalue weighted by molar-refractivity contribution is 7.13. The van der Waals surface area contributed by atoms with Crippen molar-refractivity contribution in [3.63, 3.8) is 0 Å². The van der Waals surface area contributed by atoms with Crippen LogP contribution in [0.5, 0.6) is 0 Å². The largest absolute Gasteiger partial charge is 0.481 e. The van der Waals surface area contributed by atoms with Crippen LogP contribution in [0.4, 0.5) is 15.8 Å². The molecule has 0 spiro atoms. The van der Waals surface area contributed by atoms with Crippen molar-refractivity contribution in [3.8, 4) is 0 Å². The van der Waals surface area contributed by atoms with Crippen LogP contribution in [0.1, 0.15) is 27.3 Å². The molecule has 4 rings (SSSR count). The van der Waals surface area contributed by atoms with Crippen molar-refractivity contribution in [3.05, 3.63) is 81.3 Å². The number of rotatable bonds is 8. The van der Waals surface area contributed by atoms with Gasteiger partial charge in [-0.2, -0.15) is 0 Å². The molecule has 0 atom stereocenters. The molecule has 2 heterocycles. The van der Waals surface area contributed by atoms with Crippen LogP contribution in [0.25, 0.3) is 11.3 Å². The highest BCUT2D eigenvalue weighted by atomic mass is 32.1. The minimum atomic E-state index is -0.856. The maximum absolute atomic E-state index is 13.7. The number of benzene rings is 2. The summed E-state index contributed by atoms with van der Waals surface area (Å²) < 4.78 is 13.7. The molecular formula is C25H24FN3O3S. The van der Waals surface area contributed by atoms with Crippen molar-refractivity contribution in [2.75, 3.05) is 24.7 Å². The van der Waals surface area contributed by atoms with Gasteiger partial charge in [0.05, 0.1) is 28.3 Å². The molecule has 2 aromatic carbocycles. The van der Waals surface area contributed by atoms with Crippen molar-refractivity contribution >= 4 is 45.9 Å². The minimum absolute atomic E-state index is 0.0369. The molecule has 0 saturated heterocycles. The van der Waals surface area contributed by atoms with Gasteiger partial charge in [-0.1, -0.05) is 12.1 Å². The lowest BCUT2D eigenvalue weighted by atomic mass is 10.0. The number of aryl methyl sites for hydroxylation is 1. The van der Waals surface area contributed by atoms with Crippen molar-refractivity contribution < 1.29 is 19.1 Å². The van der Waals surface area contributed by atoms with E-state index in [1.54, 1.807) is 6.07 Å². The number of fused-ring (bicyclic) bond motifs is 1. The van der Waals surface area contributed by atoms with E-state index < -0.39 is 11.8 Å². The number of carboxylic acids is 1. The average Bonchev–Trinajstić information content (AvgIpc) is 3.35. The summed E-state index contributed by atoms with van der Waals surface area (Å²) in [4.78, 5) is 27.7. The summed E-state index contributed by atoms with van der Waals surface area (Å²) >= 11 is 1.44. The fourth-order valence-corrected chi connectivity index (χ4v) is 4.73. The highest BCUT2D eigenvalue weighted by Gasteiger charge is 2.29. The van der Waals surface area contributed by atoms with Crippen LogP contribution in [0.3, 0.4) is 0 Å². The van der Waals surface area contributed by atoms with Gasteiger partial charge >= 0.3 is 5.97 Å². The number of nitrogens with zero attached hydrogens (tertiary/aromatic N) is 1. The van der Waals surface area contributed by atoms with E-state index in [1.807, 2.05) is 50.5 Å². The maximum Gasteiger partial charge on any atom is 0.303 e. The van der Waals surface area contributed by atoms with Gasteiger partial charge in [0.1, 0.15) is 5.82 Å². The molecule has 1 aliphatic rings. The van der Waals surface area contributed by atoms with Gasteiger partial charge in [-0.25, -0.2) is 4.39 Å². The second kappa shape index (κ2) is 9.56. The third-order valence-electron chi connectivity index (χ3n) is 5.19. The number of carboxylic acid groups (broad SMARTS) is 1. The number of carbonyl (C=O) groups is 2. The third-order valence-corrected chi connectivity index (χ3v) is 6.35. The van der Waals surface area contributed by atoms with Crippen molar-refractivity contribution in [2.24, 2.45) is 0 Å². The van der Waals surface area contributed by atoms with E-state index in [-0.39, 0.29) is 12.3 Å². The molecule has 0 saturated carbocycles. The van der Waals surface area contributed by atoms with Crippen LogP contribution < -0.4 is 10.6 Å². The lowest BCUT2D eigenvalue weighted by molar-refractivity contribution is -0.136. The topological polar surface area (TPSA) is 81.7 Å². The number of halogens is 1. The van der Waals surface area contributed by atoms with Gasteiger partial charge in [0.2, 0.25) is 0 Å². The van der Waals surface area contributed by atoms with Crippen LogP contribution in [0.15, 0.2) is 54.6 Å². The zero-order chi connectivity index (χ0) is 23.5. The number of aliphatic carboxylic acids is 1. The van der Waals surface area contributed by atoms with Gasteiger partial charge in [-0.05, 0) is 68.5 Å². The molecule has 6 nitrogen and oxygen atoms in total. The number of amides is 1. The predicted molar refractivity (Wildman–Crippen MR) is 130 cm³/mol.